The van der Waals surface area contributed by atoms with Gasteiger partial charge in [0.25, 0.3) is 5.91 Å². The van der Waals surface area contributed by atoms with Gasteiger partial charge in [0.15, 0.2) is 11.2 Å². The molecule has 26 heavy (non-hydrogen) atoms. The fourth-order valence-electron chi connectivity index (χ4n) is 2.35. The van der Waals surface area contributed by atoms with Gasteiger partial charge in [0.2, 0.25) is 0 Å². The molecule has 0 aliphatic carbocycles. The van der Waals surface area contributed by atoms with E-state index in [1.54, 1.807) is 0 Å². The van der Waals surface area contributed by atoms with Crippen molar-refractivity contribution >= 4 is 34.0 Å². The Morgan fingerprint density at radius 2 is 2.19 bits per heavy atom. The molecule has 1 amide bonds. The largest absolute Gasteiger partial charge is 0.416 e. The first-order chi connectivity index (χ1) is 12.3. The number of rotatable bonds is 4. The number of thiazole rings is 1. The molecule has 1 N–H and O–H groups in total. The van der Waals surface area contributed by atoms with Gasteiger partial charge in [0, 0.05) is 22.5 Å². The van der Waals surface area contributed by atoms with E-state index in [1.807, 2.05) is 0 Å². The zero-order valence-corrected chi connectivity index (χ0v) is 14.9. The lowest BCUT2D eigenvalue weighted by Crippen LogP contribution is -2.39. The Morgan fingerprint density at radius 3 is 2.88 bits per heavy atom. The number of benzene rings is 1. The van der Waals surface area contributed by atoms with Gasteiger partial charge < -0.3 is 9.47 Å². The summed E-state index contributed by atoms with van der Waals surface area (Å²) in [5, 5.41) is 3.19. The van der Waals surface area contributed by atoms with Gasteiger partial charge in [-0.25, -0.2) is 4.98 Å². The lowest BCUT2D eigenvalue weighted by molar-refractivity contribution is -0.142. The van der Waals surface area contributed by atoms with Gasteiger partial charge in [-0.2, -0.15) is 13.2 Å². The number of alkyl halides is 3. The summed E-state index contributed by atoms with van der Waals surface area (Å²) in [5.74, 6) is -0.372. The summed E-state index contributed by atoms with van der Waals surface area (Å²) in [7, 11) is 0. The summed E-state index contributed by atoms with van der Waals surface area (Å²) >= 11 is 7.17. The summed E-state index contributed by atoms with van der Waals surface area (Å²) in [6, 6.07) is 3.19. The Morgan fingerprint density at radius 1 is 1.38 bits per heavy atom. The second-order valence-corrected chi connectivity index (χ2v) is 7.06. The van der Waals surface area contributed by atoms with Crippen molar-refractivity contribution in [3.8, 4) is 0 Å². The Labute approximate surface area is 156 Å². The molecule has 0 bridgehead atoms. The van der Waals surface area contributed by atoms with Gasteiger partial charge in [-0.1, -0.05) is 11.6 Å². The third-order valence-electron chi connectivity index (χ3n) is 3.63. The van der Waals surface area contributed by atoms with Crippen LogP contribution < -0.4 is 5.32 Å². The molecular formula is C16H14ClF3N2O3S. The third kappa shape index (κ3) is 4.73. The average molecular weight is 407 g/mol. The third-order valence-corrected chi connectivity index (χ3v) is 4.91. The van der Waals surface area contributed by atoms with Crippen molar-refractivity contribution < 1.29 is 27.4 Å². The molecule has 1 unspecified atom stereocenters. The quantitative estimate of drug-likeness (QED) is 0.839. The summed E-state index contributed by atoms with van der Waals surface area (Å²) in [6.45, 7) is 0.960. The van der Waals surface area contributed by atoms with Crippen molar-refractivity contribution in [3.05, 3.63) is 45.4 Å². The maximum atomic E-state index is 12.8. The van der Waals surface area contributed by atoms with E-state index in [0.29, 0.717) is 28.8 Å². The van der Waals surface area contributed by atoms with Gasteiger partial charge >= 0.3 is 6.18 Å². The topological polar surface area (TPSA) is 60.5 Å². The molecule has 10 heteroatoms. The van der Waals surface area contributed by atoms with Gasteiger partial charge in [-0.05, 0) is 23.8 Å². The number of hydrogen-bond acceptors (Lipinski definition) is 5. The highest BCUT2D eigenvalue weighted by molar-refractivity contribution is 7.15. The standard InChI is InChI=1S/C16H14ClF3N2O3S/c17-12-2-1-10(16(18,19)20)5-9(12)6-11-7-21-15(26-11)22-14(23)13-8-24-3-4-25-13/h1-2,5,7,13H,3-4,6,8H2,(H,21,22,23). The Kier molecular flexibility index (Phi) is 5.81. The number of hydrogen-bond donors (Lipinski definition) is 1. The highest BCUT2D eigenvalue weighted by Gasteiger charge is 2.31. The number of aromatic nitrogens is 1. The lowest BCUT2D eigenvalue weighted by atomic mass is 10.1. The van der Waals surface area contributed by atoms with Crippen molar-refractivity contribution in [2.45, 2.75) is 18.7 Å². The fraction of sp³-hybridized carbons (Fsp3) is 0.375. The zero-order valence-electron chi connectivity index (χ0n) is 13.3. The summed E-state index contributed by atoms with van der Waals surface area (Å²) in [6.07, 6.45) is -3.46. The van der Waals surface area contributed by atoms with E-state index in [1.165, 1.54) is 12.3 Å². The van der Waals surface area contributed by atoms with Gasteiger partial charge in [0.05, 0.1) is 25.4 Å². The molecule has 140 valence electrons. The minimum atomic E-state index is -4.44. The van der Waals surface area contributed by atoms with Crippen LogP contribution in [0.1, 0.15) is 16.0 Å². The summed E-state index contributed by atoms with van der Waals surface area (Å²) in [4.78, 5) is 16.8. The highest BCUT2D eigenvalue weighted by atomic mass is 35.5. The molecule has 1 aliphatic heterocycles. The Hall–Kier alpha value is -1.68. The molecule has 1 atom stereocenters. The molecule has 1 aliphatic rings. The first-order valence-corrected chi connectivity index (χ1v) is 8.83. The van der Waals surface area contributed by atoms with E-state index < -0.39 is 17.8 Å². The molecule has 1 saturated heterocycles. The van der Waals surface area contributed by atoms with Crippen LogP contribution >= 0.6 is 22.9 Å². The molecule has 1 fully saturated rings. The van der Waals surface area contributed by atoms with Crippen molar-refractivity contribution in [3.63, 3.8) is 0 Å². The second kappa shape index (κ2) is 7.91. The van der Waals surface area contributed by atoms with E-state index in [9.17, 15) is 18.0 Å². The molecule has 5 nitrogen and oxygen atoms in total. The van der Waals surface area contributed by atoms with Crippen LogP contribution in [0.2, 0.25) is 5.02 Å². The van der Waals surface area contributed by atoms with Crippen LogP contribution in [0.25, 0.3) is 0 Å². The van der Waals surface area contributed by atoms with Crippen LogP contribution in [0.5, 0.6) is 0 Å². The zero-order chi connectivity index (χ0) is 18.7. The van der Waals surface area contributed by atoms with Crippen LogP contribution in [-0.4, -0.2) is 36.8 Å². The van der Waals surface area contributed by atoms with Gasteiger partial charge in [0.1, 0.15) is 0 Å². The first-order valence-electron chi connectivity index (χ1n) is 7.63. The fourth-order valence-corrected chi connectivity index (χ4v) is 3.37. The molecule has 2 aromatic rings. The van der Waals surface area contributed by atoms with Crippen LogP contribution in [0.3, 0.4) is 0 Å². The van der Waals surface area contributed by atoms with E-state index in [0.717, 1.165) is 23.5 Å². The molecule has 0 saturated carbocycles. The first kappa shape index (κ1) is 19.1. The molecule has 0 radical (unpaired) electrons. The minimum absolute atomic E-state index is 0.171. The van der Waals surface area contributed by atoms with Crippen molar-refractivity contribution in [2.24, 2.45) is 0 Å². The van der Waals surface area contributed by atoms with E-state index >= 15 is 0 Å². The van der Waals surface area contributed by atoms with Crippen LogP contribution in [0.15, 0.2) is 24.4 Å². The molecule has 1 aromatic carbocycles. The molecule has 3 rings (SSSR count). The number of amides is 1. The SMILES string of the molecule is O=C(Nc1ncc(Cc2cc(C(F)(F)F)ccc2Cl)s1)C1COCCO1. The summed E-state index contributed by atoms with van der Waals surface area (Å²) in [5.41, 5.74) is -0.420. The van der Waals surface area contributed by atoms with Crippen LogP contribution in [-0.2, 0) is 26.9 Å². The normalized spacial score (nSPS) is 17.9. The van der Waals surface area contributed by atoms with E-state index in [4.69, 9.17) is 21.1 Å². The Balaban J connectivity index is 1.68. The lowest BCUT2D eigenvalue weighted by Gasteiger charge is -2.21. The number of ether oxygens (including phenoxy) is 2. The molecular weight excluding hydrogens is 393 g/mol. The van der Waals surface area contributed by atoms with Crippen molar-refractivity contribution in [1.29, 1.82) is 0 Å². The predicted octanol–water partition coefficient (Wildman–Crippen LogP) is 3.76. The number of nitrogens with one attached hydrogen (secondary N) is 1. The van der Waals surface area contributed by atoms with Crippen molar-refractivity contribution in [1.82, 2.24) is 4.98 Å². The van der Waals surface area contributed by atoms with Crippen LogP contribution in [0, 0.1) is 0 Å². The summed E-state index contributed by atoms with van der Waals surface area (Å²) < 4.78 is 49.0. The number of anilines is 1. The van der Waals surface area contributed by atoms with Crippen LogP contribution in [0.4, 0.5) is 18.3 Å². The van der Waals surface area contributed by atoms with Gasteiger partial charge in [-0.3, -0.25) is 10.1 Å². The number of carbonyl (C=O) groups is 1. The maximum absolute atomic E-state index is 12.8. The maximum Gasteiger partial charge on any atom is 0.416 e. The minimum Gasteiger partial charge on any atom is -0.376 e. The van der Waals surface area contributed by atoms with Crippen molar-refractivity contribution in [2.75, 3.05) is 25.1 Å². The van der Waals surface area contributed by atoms with E-state index in [2.05, 4.69) is 10.3 Å². The van der Waals surface area contributed by atoms with E-state index in [-0.39, 0.29) is 24.0 Å². The monoisotopic (exact) mass is 406 g/mol. The number of nitrogens with zero attached hydrogens (tertiary/aromatic N) is 1. The molecule has 0 spiro atoms. The molecule has 1 aromatic heterocycles. The van der Waals surface area contributed by atoms with Gasteiger partial charge in [-0.15, -0.1) is 11.3 Å². The smallest absolute Gasteiger partial charge is 0.376 e. The molecule has 2 heterocycles. The number of carbonyl (C=O) groups excluding carboxylic acids is 1. The average Bonchev–Trinajstić information content (AvgIpc) is 3.03. The highest BCUT2D eigenvalue weighted by Crippen LogP contribution is 2.33. The Bertz CT molecular complexity index is 791. The second-order valence-electron chi connectivity index (χ2n) is 5.54. The predicted molar refractivity (Wildman–Crippen MR) is 90.6 cm³/mol. The number of halogens is 4.